The average Bonchev–Trinajstić information content (AvgIpc) is 2.06. The van der Waals surface area contributed by atoms with E-state index in [1.807, 2.05) is 4.90 Å². The zero-order chi connectivity index (χ0) is 8.97. The monoisotopic (exact) mass is 282 g/mol. The Morgan fingerprint density at radius 2 is 2.08 bits per heavy atom. The maximum atomic E-state index is 11.0. The van der Waals surface area contributed by atoms with Crippen molar-refractivity contribution >= 4 is 5.91 Å². The number of alkyl halides is 2. The summed E-state index contributed by atoms with van der Waals surface area (Å²) >= 11 is 0.430. The SMILES string of the molecule is CC[I-]C1CCN(C(C)=O)CC1. The van der Waals surface area contributed by atoms with Gasteiger partial charge in [0.15, 0.2) is 0 Å². The van der Waals surface area contributed by atoms with E-state index in [0.29, 0.717) is 21.2 Å². The van der Waals surface area contributed by atoms with Crippen LogP contribution in [0, 0.1) is 0 Å². The first kappa shape index (κ1) is 10.3. The van der Waals surface area contributed by atoms with Crippen molar-refractivity contribution in [2.24, 2.45) is 0 Å². The molecule has 0 aliphatic carbocycles. The zero-order valence-electron chi connectivity index (χ0n) is 7.85. The van der Waals surface area contributed by atoms with Crippen molar-refractivity contribution in [3.63, 3.8) is 0 Å². The Labute approximate surface area is 85.0 Å². The van der Waals surface area contributed by atoms with Crippen LogP contribution in [-0.4, -0.2) is 32.2 Å². The van der Waals surface area contributed by atoms with Crippen LogP contribution in [0.3, 0.4) is 0 Å². The third-order valence-corrected chi connectivity index (χ3v) is 5.61. The molecule has 0 aromatic rings. The van der Waals surface area contributed by atoms with Gasteiger partial charge in [0.05, 0.1) is 0 Å². The topological polar surface area (TPSA) is 20.3 Å². The van der Waals surface area contributed by atoms with Crippen molar-refractivity contribution in [1.82, 2.24) is 4.90 Å². The minimum absolute atomic E-state index is 0.253. The van der Waals surface area contributed by atoms with Gasteiger partial charge in [-0.2, -0.15) is 0 Å². The van der Waals surface area contributed by atoms with Gasteiger partial charge in [0, 0.05) is 0 Å². The van der Waals surface area contributed by atoms with Crippen LogP contribution in [-0.2, 0) is 4.79 Å². The van der Waals surface area contributed by atoms with Gasteiger partial charge in [-0.15, -0.1) is 0 Å². The Morgan fingerprint density at radius 1 is 1.50 bits per heavy atom. The summed E-state index contributed by atoms with van der Waals surface area (Å²) in [5, 5.41) is 0. The standard InChI is InChI=1S/C9H17INO/c1-3-10-9-4-6-11(7-5-9)8(2)12/h9H,3-7H2,1-2H3/q-1. The average molecular weight is 282 g/mol. The van der Waals surface area contributed by atoms with Crippen LogP contribution in [0.25, 0.3) is 0 Å². The Kier molecular flexibility index (Phi) is 4.32. The molecule has 1 rings (SSSR count). The second-order valence-corrected chi connectivity index (χ2v) is 7.27. The van der Waals surface area contributed by atoms with Gasteiger partial charge in [0.1, 0.15) is 0 Å². The summed E-state index contributed by atoms with van der Waals surface area (Å²) < 4.78 is 2.38. The molecule has 1 aliphatic heterocycles. The first-order valence-electron chi connectivity index (χ1n) is 4.57. The molecular weight excluding hydrogens is 265 g/mol. The van der Waals surface area contributed by atoms with Gasteiger partial charge >= 0.3 is 84.9 Å². The second kappa shape index (κ2) is 5.04. The van der Waals surface area contributed by atoms with Crippen molar-refractivity contribution in [2.75, 3.05) is 17.5 Å². The van der Waals surface area contributed by atoms with Crippen LogP contribution in [0.2, 0.25) is 0 Å². The number of carbonyl (C=O) groups is 1. The Hall–Kier alpha value is 0.200. The van der Waals surface area contributed by atoms with Crippen LogP contribution >= 0.6 is 0 Å². The molecular formula is C9H17INO-. The Bertz CT molecular complexity index is 153. The van der Waals surface area contributed by atoms with E-state index in [2.05, 4.69) is 6.92 Å². The molecule has 3 heteroatoms. The van der Waals surface area contributed by atoms with E-state index < -0.39 is 0 Å². The fourth-order valence-electron chi connectivity index (χ4n) is 1.54. The number of nitrogens with zero attached hydrogens (tertiary/aromatic N) is 1. The predicted octanol–water partition coefficient (Wildman–Crippen LogP) is -1.89. The number of halogens is 1. The number of amides is 1. The van der Waals surface area contributed by atoms with Gasteiger partial charge in [-0.05, 0) is 0 Å². The van der Waals surface area contributed by atoms with Crippen molar-refractivity contribution in [1.29, 1.82) is 0 Å². The summed E-state index contributed by atoms with van der Waals surface area (Å²) in [5.41, 5.74) is 0. The number of hydrogen-bond donors (Lipinski definition) is 0. The number of piperidine rings is 1. The minimum atomic E-state index is 0.253. The van der Waals surface area contributed by atoms with Gasteiger partial charge in [-0.25, -0.2) is 0 Å². The summed E-state index contributed by atoms with van der Waals surface area (Å²) in [6, 6.07) is 0. The summed E-state index contributed by atoms with van der Waals surface area (Å²) in [7, 11) is 0. The van der Waals surface area contributed by atoms with Gasteiger partial charge in [-0.1, -0.05) is 0 Å². The molecule has 0 aromatic carbocycles. The maximum absolute atomic E-state index is 11.0. The fourth-order valence-corrected chi connectivity index (χ4v) is 4.22. The summed E-state index contributed by atoms with van der Waals surface area (Å²) in [5.74, 6) is 0.253. The van der Waals surface area contributed by atoms with E-state index in [-0.39, 0.29) is 5.91 Å². The van der Waals surface area contributed by atoms with E-state index in [0.717, 1.165) is 17.0 Å². The molecule has 0 saturated carbocycles. The molecule has 1 aliphatic rings. The van der Waals surface area contributed by atoms with Crippen molar-refractivity contribution in [3.05, 3.63) is 0 Å². The molecule has 0 aromatic heterocycles. The quantitative estimate of drug-likeness (QED) is 0.428. The molecule has 1 heterocycles. The van der Waals surface area contributed by atoms with Gasteiger partial charge in [0.25, 0.3) is 0 Å². The van der Waals surface area contributed by atoms with E-state index in [4.69, 9.17) is 0 Å². The zero-order valence-corrected chi connectivity index (χ0v) is 10.0. The summed E-state index contributed by atoms with van der Waals surface area (Å²) in [6.07, 6.45) is 2.53. The number of likely N-dealkylation sites (tertiary alicyclic amines) is 1. The van der Waals surface area contributed by atoms with Gasteiger partial charge in [0.2, 0.25) is 0 Å². The van der Waals surface area contributed by atoms with Gasteiger partial charge < -0.3 is 0 Å². The molecule has 2 nitrogen and oxygen atoms in total. The third-order valence-electron chi connectivity index (χ3n) is 2.24. The fraction of sp³-hybridized carbons (Fsp3) is 0.889. The van der Waals surface area contributed by atoms with E-state index >= 15 is 0 Å². The number of carbonyl (C=O) groups excluding carboxylic acids is 1. The Morgan fingerprint density at radius 3 is 2.50 bits per heavy atom. The number of rotatable bonds is 2. The van der Waals surface area contributed by atoms with E-state index in [1.54, 1.807) is 6.92 Å². The molecule has 0 unspecified atom stereocenters. The first-order chi connectivity index (χ1) is 5.74. The molecule has 12 heavy (non-hydrogen) atoms. The van der Waals surface area contributed by atoms with Crippen molar-refractivity contribution in [3.8, 4) is 0 Å². The van der Waals surface area contributed by atoms with Crippen LogP contribution in [0.4, 0.5) is 0 Å². The molecule has 72 valence electrons. The van der Waals surface area contributed by atoms with Crippen LogP contribution in [0.15, 0.2) is 0 Å². The Balaban J connectivity index is 2.25. The number of hydrogen-bond acceptors (Lipinski definition) is 1. The van der Waals surface area contributed by atoms with Gasteiger partial charge in [-0.3, -0.25) is 0 Å². The molecule has 0 atom stereocenters. The molecule has 0 radical (unpaired) electrons. The van der Waals surface area contributed by atoms with Crippen molar-refractivity contribution < 1.29 is 26.0 Å². The van der Waals surface area contributed by atoms with Crippen LogP contribution in [0.5, 0.6) is 0 Å². The van der Waals surface area contributed by atoms with Crippen LogP contribution in [0.1, 0.15) is 26.7 Å². The molecule has 1 saturated heterocycles. The third kappa shape index (κ3) is 2.92. The molecule has 1 fully saturated rings. The second-order valence-electron chi connectivity index (χ2n) is 3.10. The molecule has 1 amide bonds. The predicted molar refractivity (Wildman–Crippen MR) is 45.8 cm³/mol. The summed E-state index contributed by atoms with van der Waals surface area (Å²) in [6.45, 7) is 5.99. The molecule has 0 spiro atoms. The first-order valence-corrected chi connectivity index (χ1v) is 7.34. The van der Waals surface area contributed by atoms with E-state index in [1.165, 1.54) is 17.3 Å². The molecule has 0 N–H and O–H groups in total. The van der Waals surface area contributed by atoms with E-state index in [9.17, 15) is 4.79 Å². The van der Waals surface area contributed by atoms with Crippen LogP contribution < -0.4 is 21.2 Å². The summed E-state index contributed by atoms with van der Waals surface area (Å²) in [4.78, 5) is 13.0. The molecule has 0 bridgehead atoms. The van der Waals surface area contributed by atoms with Crippen molar-refractivity contribution in [2.45, 2.75) is 30.6 Å². The normalized spacial score (nSPS) is 20.0.